The van der Waals surface area contributed by atoms with E-state index in [1.807, 2.05) is 18.2 Å². The van der Waals surface area contributed by atoms with Crippen molar-refractivity contribution in [3.8, 4) is 5.88 Å². The number of likely N-dealkylation sites (tertiary alicyclic amines) is 1. The quantitative estimate of drug-likeness (QED) is 0.865. The van der Waals surface area contributed by atoms with Crippen LogP contribution in [0.15, 0.2) is 30.3 Å². The molecule has 4 rings (SSSR count). The third-order valence-corrected chi connectivity index (χ3v) is 4.89. The van der Waals surface area contributed by atoms with Crippen LogP contribution >= 0.6 is 0 Å². The third kappa shape index (κ3) is 2.57. The average molecular weight is 327 g/mol. The zero-order valence-electron chi connectivity index (χ0n) is 14.0. The fraction of sp³-hybridized carbons (Fsp3) is 0.444. The normalized spacial score (nSPS) is 24.1. The number of hydrogen-bond acceptors (Lipinski definition) is 5. The minimum atomic E-state index is -0.358. The molecule has 2 aliphatic heterocycles. The third-order valence-electron chi connectivity index (χ3n) is 4.89. The predicted octanol–water partition coefficient (Wildman–Crippen LogP) is 2.27. The fourth-order valence-electron chi connectivity index (χ4n) is 3.74. The number of carbonyl (C=O) groups excluding carboxylic acids is 1. The SMILES string of the molecule is COc1nc2ccccc2cc1CN1CC[C@@]2(C1)CN(C)C(=O)O2. The number of amides is 1. The Labute approximate surface area is 141 Å². The molecular weight excluding hydrogens is 306 g/mol. The summed E-state index contributed by atoms with van der Waals surface area (Å²) in [4.78, 5) is 20.3. The van der Waals surface area contributed by atoms with E-state index in [2.05, 4.69) is 22.0 Å². The van der Waals surface area contributed by atoms with Crippen LogP contribution in [0.1, 0.15) is 12.0 Å². The summed E-state index contributed by atoms with van der Waals surface area (Å²) in [6.07, 6.45) is 0.647. The molecule has 6 nitrogen and oxygen atoms in total. The first kappa shape index (κ1) is 15.2. The van der Waals surface area contributed by atoms with E-state index in [9.17, 15) is 4.79 Å². The molecule has 24 heavy (non-hydrogen) atoms. The smallest absolute Gasteiger partial charge is 0.410 e. The van der Waals surface area contributed by atoms with Crippen LogP contribution < -0.4 is 4.74 Å². The van der Waals surface area contributed by atoms with Crippen LogP contribution in [-0.4, -0.2) is 60.3 Å². The van der Waals surface area contributed by atoms with E-state index in [4.69, 9.17) is 9.47 Å². The van der Waals surface area contributed by atoms with Crippen molar-refractivity contribution in [2.24, 2.45) is 0 Å². The molecule has 0 bridgehead atoms. The van der Waals surface area contributed by atoms with Gasteiger partial charge in [0.25, 0.3) is 0 Å². The van der Waals surface area contributed by atoms with E-state index < -0.39 is 0 Å². The molecule has 2 aromatic rings. The minimum Gasteiger partial charge on any atom is -0.481 e. The number of aromatic nitrogens is 1. The Kier molecular flexibility index (Phi) is 3.57. The zero-order valence-corrected chi connectivity index (χ0v) is 14.0. The molecule has 0 aliphatic carbocycles. The second-order valence-corrected chi connectivity index (χ2v) is 6.72. The predicted molar refractivity (Wildman–Crippen MR) is 90.0 cm³/mol. The molecule has 1 spiro atoms. The number of likely N-dealkylation sites (N-methyl/N-ethyl adjacent to an activating group) is 1. The van der Waals surface area contributed by atoms with Crippen LogP contribution in [0, 0.1) is 0 Å². The van der Waals surface area contributed by atoms with E-state index >= 15 is 0 Å². The molecule has 0 N–H and O–H groups in total. The van der Waals surface area contributed by atoms with Gasteiger partial charge < -0.3 is 14.4 Å². The zero-order chi connectivity index (χ0) is 16.7. The molecule has 2 aliphatic rings. The molecule has 1 aromatic heterocycles. The van der Waals surface area contributed by atoms with Gasteiger partial charge in [-0.15, -0.1) is 0 Å². The van der Waals surface area contributed by atoms with Gasteiger partial charge in [-0.05, 0) is 12.1 Å². The summed E-state index contributed by atoms with van der Waals surface area (Å²) in [7, 11) is 3.44. The van der Waals surface area contributed by atoms with Crippen LogP contribution in [0.4, 0.5) is 4.79 Å². The molecular formula is C18H21N3O3. The highest BCUT2D eigenvalue weighted by molar-refractivity contribution is 5.80. The second kappa shape index (κ2) is 5.63. The van der Waals surface area contributed by atoms with Gasteiger partial charge in [0.15, 0.2) is 0 Å². The minimum absolute atomic E-state index is 0.221. The number of fused-ring (bicyclic) bond motifs is 1. The number of pyridine rings is 1. The maximum absolute atomic E-state index is 11.7. The van der Waals surface area contributed by atoms with Crippen molar-refractivity contribution in [3.05, 3.63) is 35.9 Å². The van der Waals surface area contributed by atoms with Gasteiger partial charge in [0.2, 0.25) is 5.88 Å². The van der Waals surface area contributed by atoms with E-state index in [1.54, 1.807) is 19.1 Å². The summed E-state index contributed by atoms with van der Waals surface area (Å²) in [6, 6.07) is 10.2. The van der Waals surface area contributed by atoms with Crippen molar-refractivity contribution in [2.75, 3.05) is 33.8 Å². The first-order chi connectivity index (χ1) is 11.6. The van der Waals surface area contributed by atoms with Gasteiger partial charge in [-0.25, -0.2) is 9.78 Å². The number of nitrogens with zero attached hydrogens (tertiary/aromatic N) is 3. The number of methoxy groups -OCH3 is 1. The summed E-state index contributed by atoms with van der Waals surface area (Å²) >= 11 is 0. The molecule has 1 amide bonds. The largest absolute Gasteiger partial charge is 0.481 e. The van der Waals surface area contributed by atoms with Gasteiger partial charge in [-0.2, -0.15) is 0 Å². The molecule has 3 heterocycles. The van der Waals surface area contributed by atoms with Crippen molar-refractivity contribution < 1.29 is 14.3 Å². The standard InChI is InChI=1S/C18H21N3O3/c1-20-11-18(24-17(20)22)7-8-21(12-18)10-14-9-13-5-3-4-6-15(13)19-16(14)23-2/h3-6,9H,7-8,10-12H2,1-2H3/t18-/m0/s1. The highest BCUT2D eigenvalue weighted by atomic mass is 16.6. The first-order valence-corrected chi connectivity index (χ1v) is 8.18. The summed E-state index contributed by atoms with van der Waals surface area (Å²) in [5.41, 5.74) is 1.64. The van der Waals surface area contributed by atoms with E-state index in [0.717, 1.165) is 42.5 Å². The maximum Gasteiger partial charge on any atom is 0.410 e. The molecule has 2 saturated heterocycles. The van der Waals surface area contributed by atoms with Crippen molar-refractivity contribution in [3.63, 3.8) is 0 Å². The highest BCUT2D eigenvalue weighted by Gasteiger charge is 2.48. The number of carbonyl (C=O) groups is 1. The lowest BCUT2D eigenvalue weighted by atomic mass is 10.0. The maximum atomic E-state index is 11.7. The Morgan fingerprint density at radius 3 is 2.92 bits per heavy atom. The summed E-state index contributed by atoms with van der Waals surface area (Å²) in [6.45, 7) is 3.05. The summed E-state index contributed by atoms with van der Waals surface area (Å²) in [5, 5.41) is 1.11. The van der Waals surface area contributed by atoms with Crippen molar-refractivity contribution in [1.29, 1.82) is 0 Å². The summed E-state index contributed by atoms with van der Waals surface area (Å²) < 4.78 is 11.1. The van der Waals surface area contributed by atoms with Crippen LogP contribution in [0.5, 0.6) is 5.88 Å². The number of para-hydroxylation sites is 1. The Morgan fingerprint density at radius 2 is 2.17 bits per heavy atom. The molecule has 2 fully saturated rings. The Bertz CT molecular complexity index is 794. The van der Waals surface area contributed by atoms with E-state index in [0.29, 0.717) is 12.4 Å². The van der Waals surface area contributed by atoms with E-state index in [-0.39, 0.29) is 11.7 Å². The molecule has 126 valence electrons. The van der Waals surface area contributed by atoms with Crippen molar-refractivity contribution >= 4 is 17.0 Å². The van der Waals surface area contributed by atoms with E-state index in [1.165, 1.54) is 0 Å². The lowest BCUT2D eigenvalue weighted by molar-refractivity contribution is 0.0626. The van der Waals surface area contributed by atoms with Gasteiger partial charge in [0.05, 0.1) is 19.2 Å². The Balaban J connectivity index is 1.56. The monoisotopic (exact) mass is 327 g/mol. The molecule has 0 unspecified atom stereocenters. The summed E-state index contributed by atoms with van der Waals surface area (Å²) in [5.74, 6) is 0.662. The van der Waals surface area contributed by atoms with Crippen molar-refractivity contribution in [2.45, 2.75) is 18.6 Å². The molecule has 6 heteroatoms. The van der Waals surface area contributed by atoms with Crippen LogP contribution in [0.2, 0.25) is 0 Å². The molecule has 0 saturated carbocycles. The lowest BCUT2D eigenvalue weighted by Gasteiger charge is -2.22. The van der Waals surface area contributed by atoms with Gasteiger partial charge in [0, 0.05) is 44.1 Å². The Morgan fingerprint density at radius 1 is 1.33 bits per heavy atom. The average Bonchev–Trinajstić information content (AvgIpc) is 3.08. The number of hydrogen-bond donors (Lipinski definition) is 0. The van der Waals surface area contributed by atoms with Gasteiger partial charge in [-0.3, -0.25) is 4.90 Å². The molecule has 1 atom stereocenters. The topological polar surface area (TPSA) is 54.9 Å². The number of benzene rings is 1. The molecule has 0 radical (unpaired) electrons. The van der Waals surface area contributed by atoms with Crippen LogP contribution in [0.3, 0.4) is 0 Å². The second-order valence-electron chi connectivity index (χ2n) is 6.72. The van der Waals surface area contributed by atoms with Crippen molar-refractivity contribution in [1.82, 2.24) is 14.8 Å². The van der Waals surface area contributed by atoms with Gasteiger partial charge in [-0.1, -0.05) is 18.2 Å². The van der Waals surface area contributed by atoms with Gasteiger partial charge in [0.1, 0.15) is 5.60 Å². The van der Waals surface area contributed by atoms with Gasteiger partial charge >= 0.3 is 6.09 Å². The lowest BCUT2D eigenvalue weighted by Crippen LogP contribution is -2.37. The molecule has 1 aromatic carbocycles. The number of rotatable bonds is 3. The fourth-order valence-corrected chi connectivity index (χ4v) is 3.74. The highest BCUT2D eigenvalue weighted by Crippen LogP contribution is 2.33. The number of ether oxygens (including phenoxy) is 2. The van der Waals surface area contributed by atoms with Crippen LogP contribution in [0.25, 0.3) is 10.9 Å². The first-order valence-electron chi connectivity index (χ1n) is 8.18. The van der Waals surface area contributed by atoms with Crippen LogP contribution in [-0.2, 0) is 11.3 Å². The Hall–Kier alpha value is -2.34.